The smallest absolute Gasteiger partial charge is 0.343 e. The van der Waals surface area contributed by atoms with Crippen molar-refractivity contribution < 1.29 is 9.90 Å². The van der Waals surface area contributed by atoms with Crippen LogP contribution in [0.1, 0.15) is 15.9 Å². The van der Waals surface area contributed by atoms with Crippen LogP contribution in [0.4, 0.5) is 0 Å². The van der Waals surface area contributed by atoms with Crippen molar-refractivity contribution in [1.29, 1.82) is 0 Å². The number of aromatic nitrogens is 2. The first-order valence-corrected chi connectivity index (χ1v) is 4.70. The number of aromatic carboxylic acids is 1. The van der Waals surface area contributed by atoms with Crippen molar-refractivity contribution in [3.8, 4) is 11.3 Å². The fourth-order valence-electron chi connectivity index (χ4n) is 1.50. The van der Waals surface area contributed by atoms with Crippen LogP contribution in [0, 0.1) is 6.92 Å². The Balaban J connectivity index is 2.60. The summed E-state index contributed by atoms with van der Waals surface area (Å²) in [7, 11) is 0. The van der Waals surface area contributed by atoms with Gasteiger partial charge >= 0.3 is 5.97 Å². The first-order valence-electron chi connectivity index (χ1n) is 4.70. The molecular formula is C11H10N2O3. The van der Waals surface area contributed by atoms with Crippen molar-refractivity contribution in [3.05, 3.63) is 45.7 Å². The average molecular weight is 218 g/mol. The maximum Gasteiger partial charge on any atom is 0.343 e. The van der Waals surface area contributed by atoms with Gasteiger partial charge in [-0.05, 0) is 6.92 Å². The molecule has 0 saturated carbocycles. The molecule has 5 heteroatoms. The fourth-order valence-corrected chi connectivity index (χ4v) is 1.50. The molecule has 0 bridgehead atoms. The van der Waals surface area contributed by atoms with E-state index in [0.717, 1.165) is 5.56 Å². The molecule has 0 fully saturated rings. The summed E-state index contributed by atoms with van der Waals surface area (Å²) in [5, 5.41) is 13.8. The highest BCUT2D eigenvalue weighted by Crippen LogP contribution is 2.19. The molecule has 0 aliphatic heterocycles. The second kappa shape index (κ2) is 3.69. The zero-order chi connectivity index (χ0) is 11.7. The van der Waals surface area contributed by atoms with Gasteiger partial charge in [0.1, 0.15) is 0 Å². The number of nitrogens with one attached hydrogen (secondary N) is 2. The van der Waals surface area contributed by atoms with Crippen molar-refractivity contribution in [1.82, 2.24) is 10.2 Å². The average Bonchev–Trinajstić information content (AvgIpc) is 2.61. The Bertz CT molecular complexity index is 578. The first kappa shape index (κ1) is 10.2. The molecule has 2 rings (SSSR count). The van der Waals surface area contributed by atoms with Gasteiger partial charge in [0.05, 0.1) is 5.69 Å². The Labute approximate surface area is 90.7 Å². The molecule has 1 aromatic heterocycles. The van der Waals surface area contributed by atoms with Crippen LogP contribution in [0.15, 0.2) is 29.1 Å². The Kier molecular flexibility index (Phi) is 2.36. The number of hydrogen-bond donors (Lipinski definition) is 3. The molecule has 3 N–H and O–H groups in total. The number of aromatic amines is 2. The van der Waals surface area contributed by atoms with Gasteiger partial charge in [0, 0.05) is 5.56 Å². The molecule has 0 saturated heterocycles. The third-order valence-corrected chi connectivity index (χ3v) is 2.33. The van der Waals surface area contributed by atoms with E-state index in [1.165, 1.54) is 0 Å². The lowest BCUT2D eigenvalue weighted by Crippen LogP contribution is -2.12. The summed E-state index contributed by atoms with van der Waals surface area (Å²) in [6.45, 7) is 1.93. The zero-order valence-corrected chi connectivity index (χ0v) is 8.57. The van der Waals surface area contributed by atoms with Gasteiger partial charge in [0.2, 0.25) is 0 Å². The highest BCUT2D eigenvalue weighted by molar-refractivity contribution is 5.94. The summed E-state index contributed by atoms with van der Waals surface area (Å²) in [4.78, 5) is 22.2. The minimum absolute atomic E-state index is 0.260. The molecule has 0 amide bonds. The first-order chi connectivity index (χ1) is 7.59. The SMILES string of the molecule is Cc1ccc(-c2[nH][nH]c(=O)c2C(=O)O)cc1. The van der Waals surface area contributed by atoms with Gasteiger partial charge in [-0.15, -0.1) is 0 Å². The lowest BCUT2D eigenvalue weighted by Gasteiger charge is -1.99. The van der Waals surface area contributed by atoms with Crippen molar-refractivity contribution in [2.24, 2.45) is 0 Å². The largest absolute Gasteiger partial charge is 0.477 e. The molecule has 16 heavy (non-hydrogen) atoms. The lowest BCUT2D eigenvalue weighted by atomic mass is 10.1. The molecule has 0 unspecified atom stereocenters. The predicted molar refractivity (Wildman–Crippen MR) is 58.5 cm³/mol. The third kappa shape index (κ3) is 1.63. The van der Waals surface area contributed by atoms with E-state index in [0.29, 0.717) is 11.3 Å². The Morgan fingerprint density at radius 2 is 1.81 bits per heavy atom. The summed E-state index contributed by atoms with van der Waals surface area (Å²) >= 11 is 0. The zero-order valence-electron chi connectivity index (χ0n) is 8.57. The van der Waals surface area contributed by atoms with E-state index < -0.39 is 11.5 Å². The third-order valence-electron chi connectivity index (χ3n) is 2.33. The molecule has 0 aliphatic carbocycles. The maximum atomic E-state index is 11.3. The van der Waals surface area contributed by atoms with E-state index in [2.05, 4.69) is 10.2 Å². The van der Waals surface area contributed by atoms with Crippen LogP contribution in [-0.4, -0.2) is 21.3 Å². The van der Waals surface area contributed by atoms with Crippen molar-refractivity contribution in [2.75, 3.05) is 0 Å². The van der Waals surface area contributed by atoms with E-state index >= 15 is 0 Å². The van der Waals surface area contributed by atoms with Crippen LogP contribution in [0.3, 0.4) is 0 Å². The van der Waals surface area contributed by atoms with Gasteiger partial charge in [-0.1, -0.05) is 29.8 Å². The van der Waals surface area contributed by atoms with Gasteiger partial charge < -0.3 is 5.11 Å². The quantitative estimate of drug-likeness (QED) is 0.711. The molecule has 2 aromatic rings. The molecule has 0 radical (unpaired) electrons. The van der Waals surface area contributed by atoms with Crippen molar-refractivity contribution in [2.45, 2.75) is 6.92 Å². The Hall–Kier alpha value is -2.30. The number of benzene rings is 1. The van der Waals surface area contributed by atoms with Crippen LogP contribution in [0.2, 0.25) is 0 Å². The topological polar surface area (TPSA) is 86.0 Å². The highest BCUT2D eigenvalue weighted by atomic mass is 16.4. The Morgan fingerprint density at radius 1 is 1.19 bits per heavy atom. The molecule has 5 nitrogen and oxygen atoms in total. The van der Waals surface area contributed by atoms with Crippen LogP contribution in [-0.2, 0) is 0 Å². The van der Waals surface area contributed by atoms with Crippen molar-refractivity contribution >= 4 is 5.97 Å². The second-order valence-corrected chi connectivity index (χ2v) is 3.50. The number of aryl methyl sites for hydroxylation is 1. The monoisotopic (exact) mass is 218 g/mol. The fraction of sp³-hybridized carbons (Fsp3) is 0.0909. The molecule has 1 aromatic carbocycles. The number of carboxylic acid groups (broad SMARTS) is 1. The summed E-state index contributed by atoms with van der Waals surface area (Å²) < 4.78 is 0. The number of H-pyrrole nitrogens is 2. The van der Waals surface area contributed by atoms with Crippen LogP contribution in [0.5, 0.6) is 0 Å². The molecule has 82 valence electrons. The molecule has 0 spiro atoms. The van der Waals surface area contributed by atoms with Gasteiger partial charge in [-0.2, -0.15) is 0 Å². The normalized spacial score (nSPS) is 10.3. The summed E-state index contributed by atoms with van der Waals surface area (Å²) in [6.07, 6.45) is 0. The molecule has 0 atom stereocenters. The summed E-state index contributed by atoms with van der Waals surface area (Å²) in [5.74, 6) is -1.24. The summed E-state index contributed by atoms with van der Waals surface area (Å²) in [5.41, 5.74) is 1.16. The molecule has 0 aliphatic rings. The van der Waals surface area contributed by atoms with Gasteiger partial charge in [-0.25, -0.2) is 4.79 Å². The van der Waals surface area contributed by atoms with E-state index in [4.69, 9.17) is 5.11 Å². The Morgan fingerprint density at radius 3 is 2.38 bits per heavy atom. The minimum atomic E-state index is -1.24. The number of carbonyl (C=O) groups is 1. The number of carboxylic acids is 1. The van der Waals surface area contributed by atoms with E-state index in [1.807, 2.05) is 19.1 Å². The van der Waals surface area contributed by atoms with Crippen molar-refractivity contribution in [3.63, 3.8) is 0 Å². The van der Waals surface area contributed by atoms with Crippen LogP contribution >= 0.6 is 0 Å². The van der Waals surface area contributed by atoms with Crippen LogP contribution < -0.4 is 5.56 Å². The van der Waals surface area contributed by atoms with E-state index in [-0.39, 0.29) is 5.56 Å². The van der Waals surface area contributed by atoms with Gasteiger partial charge in [-0.3, -0.25) is 15.0 Å². The lowest BCUT2D eigenvalue weighted by molar-refractivity contribution is 0.0696. The molecule has 1 heterocycles. The molecular weight excluding hydrogens is 208 g/mol. The van der Waals surface area contributed by atoms with Gasteiger partial charge in [0.25, 0.3) is 5.56 Å². The number of hydrogen-bond acceptors (Lipinski definition) is 2. The predicted octanol–water partition coefficient (Wildman–Crippen LogP) is 1.38. The standard InChI is InChI=1S/C11H10N2O3/c1-6-2-4-7(5-3-6)9-8(11(15)16)10(14)13-12-9/h2-5H,1H3,(H,15,16)(H2,12,13,14). The second-order valence-electron chi connectivity index (χ2n) is 3.50. The van der Waals surface area contributed by atoms with E-state index in [1.54, 1.807) is 12.1 Å². The summed E-state index contributed by atoms with van der Waals surface area (Å²) in [6, 6.07) is 7.24. The van der Waals surface area contributed by atoms with Gasteiger partial charge in [0.15, 0.2) is 5.56 Å². The van der Waals surface area contributed by atoms with E-state index in [9.17, 15) is 9.59 Å². The highest BCUT2D eigenvalue weighted by Gasteiger charge is 2.17. The van der Waals surface area contributed by atoms with Crippen LogP contribution in [0.25, 0.3) is 11.3 Å². The minimum Gasteiger partial charge on any atom is -0.477 e. The number of rotatable bonds is 2. The maximum absolute atomic E-state index is 11.3.